The maximum atomic E-state index is 11.2. The van der Waals surface area contributed by atoms with E-state index in [4.69, 9.17) is 4.74 Å². The minimum atomic E-state index is -0.737. The molecule has 0 saturated heterocycles. The summed E-state index contributed by atoms with van der Waals surface area (Å²) in [6.45, 7) is 3.16. The summed E-state index contributed by atoms with van der Waals surface area (Å²) < 4.78 is 7.22. The van der Waals surface area contributed by atoms with Gasteiger partial charge in [0, 0.05) is 13.0 Å². The Balaban J connectivity index is 1.57. The number of hydrogen-bond donors (Lipinski definition) is 1. The third-order valence-electron chi connectivity index (χ3n) is 4.43. The first-order valence-electron chi connectivity index (χ1n) is 7.23. The van der Waals surface area contributed by atoms with E-state index in [1.54, 1.807) is 4.68 Å². The number of rotatable bonds is 7. The van der Waals surface area contributed by atoms with Crippen molar-refractivity contribution in [2.24, 2.45) is 11.3 Å². The van der Waals surface area contributed by atoms with Crippen molar-refractivity contribution in [3.05, 3.63) is 5.82 Å². The fourth-order valence-corrected chi connectivity index (χ4v) is 2.84. The Labute approximate surface area is 117 Å². The summed E-state index contributed by atoms with van der Waals surface area (Å²) in [6.07, 6.45) is 4.72. The van der Waals surface area contributed by atoms with Crippen LogP contribution in [-0.4, -0.2) is 44.0 Å². The standard InChI is InChI=1S/C13H20N4O3/c1-2-20-10-5-9(6-10)7-11-14-15-16-17(11)8-13(3-4-13)12(18)19/h9-10H,2-8H2,1H3,(H,18,19). The predicted octanol–water partition coefficient (Wildman–Crippen LogP) is 0.895. The van der Waals surface area contributed by atoms with Crippen LogP contribution in [0.25, 0.3) is 0 Å². The van der Waals surface area contributed by atoms with Gasteiger partial charge < -0.3 is 9.84 Å². The minimum Gasteiger partial charge on any atom is -0.481 e. The second kappa shape index (κ2) is 5.12. The molecule has 110 valence electrons. The van der Waals surface area contributed by atoms with Crippen molar-refractivity contribution in [1.82, 2.24) is 20.2 Å². The highest BCUT2D eigenvalue weighted by Gasteiger charge is 2.51. The normalized spacial score (nSPS) is 27.1. The molecule has 3 rings (SSSR count). The Kier molecular flexibility index (Phi) is 3.45. The Morgan fingerprint density at radius 3 is 2.85 bits per heavy atom. The molecule has 2 aliphatic carbocycles. The van der Waals surface area contributed by atoms with Crippen molar-refractivity contribution >= 4 is 5.97 Å². The van der Waals surface area contributed by atoms with Gasteiger partial charge in [-0.3, -0.25) is 4.79 Å². The van der Waals surface area contributed by atoms with Gasteiger partial charge in [0.2, 0.25) is 0 Å². The number of ether oxygens (including phenoxy) is 1. The number of carbonyl (C=O) groups is 1. The molecule has 1 N–H and O–H groups in total. The minimum absolute atomic E-state index is 0.378. The molecule has 0 atom stereocenters. The molecule has 1 aromatic rings. The quantitative estimate of drug-likeness (QED) is 0.798. The third kappa shape index (κ3) is 2.54. The van der Waals surface area contributed by atoms with Crippen LogP contribution in [0, 0.1) is 11.3 Å². The molecular formula is C13H20N4O3. The smallest absolute Gasteiger partial charge is 0.311 e. The van der Waals surface area contributed by atoms with Crippen LogP contribution in [0.15, 0.2) is 0 Å². The van der Waals surface area contributed by atoms with Crippen LogP contribution < -0.4 is 0 Å². The Morgan fingerprint density at radius 1 is 1.50 bits per heavy atom. The molecule has 7 nitrogen and oxygen atoms in total. The summed E-state index contributed by atoms with van der Waals surface area (Å²) in [7, 11) is 0. The van der Waals surface area contributed by atoms with Gasteiger partial charge >= 0.3 is 5.97 Å². The van der Waals surface area contributed by atoms with Gasteiger partial charge in [-0.05, 0) is 49.0 Å². The first-order valence-corrected chi connectivity index (χ1v) is 7.23. The van der Waals surface area contributed by atoms with E-state index in [1.807, 2.05) is 6.92 Å². The lowest BCUT2D eigenvalue weighted by molar-refractivity contribution is -0.144. The monoisotopic (exact) mass is 280 g/mol. The van der Waals surface area contributed by atoms with E-state index < -0.39 is 11.4 Å². The van der Waals surface area contributed by atoms with Crippen LogP contribution in [-0.2, 0) is 22.5 Å². The lowest BCUT2D eigenvalue weighted by Crippen LogP contribution is -2.33. The first-order chi connectivity index (χ1) is 9.63. The van der Waals surface area contributed by atoms with E-state index in [1.165, 1.54) is 0 Å². The van der Waals surface area contributed by atoms with Gasteiger partial charge in [0.1, 0.15) is 0 Å². The molecule has 2 fully saturated rings. The molecular weight excluding hydrogens is 260 g/mol. The Morgan fingerprint density at radius 2 is 2.25 bits per heavy atom. The number of carboxylic acid groups (broad SMARTS) is 1. The van der Waals surface area contributed by atoms with Crippen molar-refractivity contribution in [2.45, 2.75) is 51.7 Å². The molecule has 0 bridgehead atoms. The Hall–Kier alpha value is -1.50. The van der Waals surface area contributed by atoms with Gasteiger partial charge in [-0.25, -0.2) is 4.68 Å². The highest BCUT2D eigenvalue weighted by Crippen LogP contribution is 2.47. The van der Waals surface area contributed by atoms with Crippen molar-refractivity contribution < 1.29 is 14.6 Å². The van der Waals surface area contributed by atoms with E-state index in [9.17, 15) is 9.90 Å². The average Bonchev–Trinajstić information content (AvgIpc) is 3.02. The van der Waals surface area contributed by atoms with E-state index in [0.29, 0.717) is 18.6 Å². The summed E-state index contributed by atoms with van der Waals surface area (Å²) in [5.74, 6) is 0.618. The lowest BCUT2D eigenvalue weighted by Gasteiger charge is -2.34. The van der Waals surface area contributed by atoms with Gasteiger partial charge in [0.15, 0.2) is 5.82 Å². The molecule has 7 heteroatoms. The zero-order chi connectivity index (χ0) is 14.2. The predicted molar refractivity (Wildman–Crippen MR) is 69.0 cm³/mol. The van der Waals surface area contributed by atoms with E-state index in [0.717, 1.165) is 44.5 Å². The molecule has 2 saturated carbocycles. The number of nitrogens with zero attached hydrogens (tertiary/aromatic N) is 4. The maximum absolute atomic E-state index is 11.2. The number of tetrazole rings is 1. The molecule has 20 heavy (non-hydrogen) atoms. The van der Waals surface area contributed by atoms with E-state index in [2.05, 4.69) is 15.5 Å². The van der Waals surface area contributed by atoms with Crippen molar-refractivity contribution in [1.29, 1.82) is 0 Å². The topological polar surface area (TPSA) is 90.1 Å². The molecule has 0 aromatic carbocycles. The van der Waals surface area contributed by atoms with Crippen LogP contribution in [0.2, 0.25) is 0 Å². The van der Waals surface area contributed by atoms with Crippen LogP contribution in [0.5, 0.6) is 0 Å². The SMILES string of the molecule is CCOC1CC(Cc2nnnn2CC2(C(=O)O)CC2)C1. The molecule has 1 heterocycles. The highest BCUT2D eigenvalue weighted by molar-refractivity contribution is 5.77. The molecule has 1 aromatic heterocycles. The summed E-state index contributed by atoms with van der Waals surface area (Å²) in [5, 5.41) is 20.9. The van der Waals surface area contributed by atoms with Gasteiger partial charge in [-0.15, -0.1) is 5.10 Å². The molecule has 0 aliphatic heterocycles. The van der Waals surface area contributed by atoms with Crippen LogP contribution >= 0.6 is 0 Å². The van der Waals surface area contributed by atoms with E-state index >= 15 is 0 Å². The third-order valence-corrected chi connectivity index (χ3v) is 4.43. The summed E-state index contributed by atoms with van der Waals surface area (Å²) in [4.78, 5) is 11.2. The van der Waals surface area contributed by atoms with Gasteiger partial charge in [-0.1, -0.05) is 0 Å². The van der Waals surface area contributed by atoms with Gasteiger partial charge in [0.05, 0.1) is 18.1 Å². The fourth-order valence-electron chi connectivity index (χ4n) is 2.84. The number of aromatic nitrogens is 4. The fraction of sp³-hybridized carbons (Fsp3) is 0.846. The van der Waals surface area contributed by atoms with Crippen molar-refractivity contribution in [2.75, 3.05) is 6.61 Å². The first kappa shape index (κ1) is 13.5. The number of hydrogen-bond acceptors (Lipinski definition) is 5. The van der Waals surface area contributed by atoms with Crippen LogP contribution in [0.3, 0.4) is 0 Å². The average molecular weight is 280 g/mol. The zero-order valence-corrected chi connectivity index (χ0v) is 11.7. The molecule has 0 amide bonds. The van der Waals surface area contributed by atoms with Crippen molar-refractivity contribution in [3.8, 4) is 0 Å². The number of aliphatic carboxylic acids is 1. The summed E-state index contributed by atoms with van der Waals surface area (Å²) >= 11 is 0. The molecule has 0 radical (unpaired) electrons. The second-order valence-corrected chi connectivity index (χ2v) is 5.96. The summed E-state index contributed by atoms with van der Waals surface area (Å²) in [5.41, 5.74) is -0.627. The number of carboxylic acids is 1. The lowest BCUT2D eigenvalue weighted by atomic mass is 9.80. The van der Waals surface area contributed by atoms with Crippen molar-refractivity contribution in [3.63, 3.8) is 0 Å². The van der Waals surface area contributed by atoms with Crippen LogP contribution in [0.4, 0.5) is 0 Å². The molecule has 2 aliphatic rings. The second-order valence-electron chi connectivity index (χ2n) is 5.96. The van der Waals surface area contributed by atoms with Crippen LogP contribution in [0.1, 0.15) is 38.4 Å². The Bertz CT molecular complexity index is 492. The van der Waals surface area contributed by atoms with Gasteiger partial charge in [0.25, 0.3) is 0 Å². The maximum Gasteiger partial charge on any atom is 0.311 e. The van der Waals surface area contributed by atoms with E-state index in [-0.39, 0.29) is 0 Å². The highest BCUT2D eigenvalue weighted by atomic mass is 16.5. The molecule has 0 spiro atoms. The largest absolute Gasteiger partial charge is 0.481 e. The summed E-state index contributed by atoms with van der Waals surface area (Å²) in [6, 6.07) is 0. The zero-order valence-electron chi connectivity index (χ0n) is 11.7. The molecule has 0 unspecified atom stereocenters. The van der Waals surface area contributed by atoms with Gasteiger partial charge in [-0.2, -0.15) is 0 Å².